The fourth-order valence-electron chi connectivity index (χ4n) is 4.63. The molecule has 3 aromatic carbocycles. The molecule has 0 bridgehead atoms. The van der Waals surface area contributed by atoms with Gasteiger partial charge in [-0.25, -0.2) is 0 Å². The summed E-state index contributed by atoms with van der Waals surface area (Å²) in [4.78, 5) is 14.1. The summed E-state index contributed by atoms with van der Waals surface area (Å²) in [6.07, 6.45) is 1.86. The number of pyridine rings is 3. The number of fused-ring (bicyclic) bond motifs is 2. The second kappa shape index (κ2) is 8.20. The van der Waals surface area contributed by atoms with Gasteiger partial charge < -0.3 is 0 Å². The highest BCUT2D eigenvalue weighted by molar-refractivity contribution is 6.02. The van der Waals surface area contributed by atoms with Gasteiger partial charge in [0.25, 0.3) is 0 Å². The Hall–Kier alpha value is -4.37. The van der Waals surface area contributed by atoms with Gasteiger partial charge in [0, 0.05) is 34.1 Å². The lowest BCUT2D eigenvalue weighted by Gasteiger charge is -2.12. The number of hydrogen-bond acceptors (Lipinski definition) is 3. The minimum Gasteiger partial charge on any atom is -0.256 e. The molecule has 3 heterocycles. The van der Waals surface area contributed by atoms with Gasteiger partial charge in [0.1, 0.15) is 0 Å². The van der Waals surface area contributed by atoms with Crippen molar-refractivity contribution >= 4 is 21.7 Å². The van der Waals surface area contributed by atoms with Crippen LogP contribution in [-0.2, 0) is 0 Å². The van der Waals surface area contributed by atoms with Crippen molar-refractivity contribution in [1.82, 2.24) is 15.0 Å². The molecule has 3 heteroatoms. The predicted octanol–water partition coefficient (Wildman–Crippen LogP) is 7.80. The fourth-order valence-corrected chi connectivity index (χ4v) is 4.63. The van der Waals surface area contributed by atoms with Crippen LogP contribution in [0.15, 0.2) is 103 Å². The van der Waals surface area contributed by atoms with E-state index in [9.17, 15) is 0 Å². The second-order valence-electron chi connectivity index (χ2n) is 8.66. The Morgan fingerprint density at radius 2 is 1.26 bits per heavy atom. The van der Waals surface area contributed by atoms with Crippen molar-refractivity contribution in [3.8, 4) is 33.6 Å². The van der Waals surface area contributed by atoms with Crippen LogP contribution in [0.2, 0.25) is 0 Å². The van der Waals surface area contributed by atoms with Crippen molar-refractivity contribution in [2.24, 2.45) is 0 Å². The summed E-state index contributed by atoms with van der Waals surface area (Å²) >= 11 is 0. The number of aryl methyl sites for hydroxylation is 2. The van der Waals surface area contributed by atoms with Gasteiger partial charge in [-0.3, -0.25) is 15.0 Å². The van der Waals surface area contributed by atoms with E-state index in [2.05, 4.69) is 89.9 Å². The first-order valence-corrected chi connectivity index (χ1v) is 11.5. The van der Waals surface area contributed by atoms with E-state index >= 15 is 0 Å². The summed E-state index contributed by atoms with van der Waals surface area (Å²) in [5.41, 5.74) is 9.57. The van der Waals surface area contributed by atoms with Crippen LogP contribution in [0.5, 0.6) is 0 Å². The normalized spacial score (nSPS) is 11.2. The predicted molar refractivity (Wildman–Crippen MR) is 141 cm³/mol. The Morgan fingerprint density at radius 3 is 2.09 bits per heavy atom. The average molecular weight is 438 g/mol. The SMILES string of the molecule is Cc1cccc(-c2ccc3c(-c4ccc5nccc(-c6cccc(C)n6)c5c4)cccc3c2)n1. The highest BCUT2D eigenvalue weighted by Crippen LogP contribution is 2.35. The molecule has 0 spiro atoms. The minimum absolute atomic E-state index is 0.970. The monoisotopic (exact) mass is 437 g/mol. The van der Waals surface area contributed by atoms with Crippen LogP contribution >= 0.6 is 0 Å². The smallest absolute Gasteiger partial charge is 0.0712 e. The molecule has 0 aliphatic heterocycles. The molecule has 34 heavy (non-hydrogen) atoms. The molecule has 0 atom stereocenters. The van der Waals surface area contributed by atoms with Gasteiger partial charge in [-0.2, -0.15) is 0 Å². The fraction of sp³-hybridized carbons (Fsp3) is 0.0645. The van der Waals surface area contributed by atoms with Crippen LogP contribution in [0, 0.1) is 13.8 Å². The third-order valence-corrected chi connectivity index (χ3v) is 6.28. The van der Waals surface area contributed by atoms with Crippen LogP contribution in [0.1, 0.15) is 11.4 Å². The van der Waals surface area contributed by atoms with Crippen molar-refractivity contribution < 1.29 is 0 Å². The molecule has 0 aliphatic carbocycles. The molecule has 0 radical (unpaired) electrons. The molecule has 0 saturated heterocycles. The van der Waals surface area contributed by atoms with Crippen LogP contribution in [0.4, 0.5) is 0 Å². The molecule has 162 valence electrons. The van der Waals surface area contributed by atoms with Gasteiger partial charge >= 0.3 is 0 Å². The molecule has 0 aliphatic rings. The van der Waals surface area contributed by atoms with Crippen molar-refractivity contribution in [3.63, 3.8) is 0 Å². The Bertz CT molecular complexity index is 1680. The van der Waals surface area contributed by atoms with Gasteiger partial charge in [-0.1, -0.05) is 48.5 Å². The summed E-state index contributed by atoms with van der Waals surface area (Å²) in [6, 6.07) is 33.9. The number of nitrogens with zero attached hydrogens (tertiary/aromatic N) is 3. The van der Waals surface area contributed by atoms with Crippen LogP contribution in [0.3, 0.4) is 0 Å². The molecule has 6 aromatic rings. The third kappa shape index (κ3) is 3.61. The number of aromatic nitrogens is 3. The van der Waals surface area contributed by atoms with Crippen molar-refractivity contribution in [1.29, 1.82) is 0 Å². The molecular weight excluding hydrogens is 414 g/mol. The zero-order valence-corrected chi connectivity index (χ0v) is 19.2. The summed E-state index contributed by atoms with van der Waals surface area (Å²) in [5, 5.41) is 3.53. The summed E-state index contributed by atoms with van der Waals surface area (Å²) in [6.45, 7) is 4.05. The summed E-state index contributed by atoms with van der Waals surface area (Å²) < 4.78 is 0. The van der Waals surface area contributed by atoms with Crippen molar-refractivity contribution in [2.75, 3.05) is 0 Å². The lowest BCUT2D eigenvalue weighted by Crippen LogP contribution is -1.90. The Kier molecular flexibility index (Phi) is 4.88. The van der Waals surface area contributed by atoms with E-state index in [1.54, 1.807) is 0 Å². The van der Waals surface area contributed by atoms with Gasteiger partial charge in [0.05, 0.1) is 16.9 Å². The molecule has 0 N–H and O–H groups in total. The first kappa shape index (κ1) is 20.3. The molecule has 0 amide bonds. The zero-order valence-electron chi connectivity index (χ0n) is 19.2. The van der Waals surface area contributed by atoms with E-state index in [-0.39, 0.29) is 0 Å². The quantitative estimate of drug-likeness (QED) is 0.283. The van der Waals surface area contributed by atoms with E-state index in [1.165, 1.54) is 21.9 Å². The van der Waals surface area contributed by atoms with E-state index in [1.807, 2.05) is 32.2 Å². The molecule has 3 aromatic heterocycles. The zero-order chi connectivity index (χ0) is 23.1. The van der Waals surface area contributed by atoms with Gasteiger partial charge in [0.2, 0.25) is 0 Å². The molecule has 6 rings (SSSR count). The van der Waals surface area contributed by atoms with E-state index in [0.29, 0.717) is 0 Å². The third-order valence-electron chi connectivity index (χ3n) is 6.28. The van der Waals surface area contributed by atoms with Crippen molar-refractivity contribution in [3.05, 3.63) is 115 Å². The van der Waals surface area contributed by atoms with E-state index in [0.717, 1.165) is 44.8 Å². The molecule has 0 saturated carbocycles. The average Bonchev–Trinajstić information content (AvgIpc) is 2.87. The van der Waals surface area contributed by atoms with E-state index in [4.69, 9.17) is 9.97 Å². The van der Waals surface area contributed by atoms with Crippen LogP contribution in [0.25, 0.3) is 55.3 Å². The highest BCUT2D eigenvalue weighted by Gasteiger charge is 2.11. The maximum Gasteiger partial charge on any atom is 0.0712 e. The Morgan fingerprint density at radius 1 is 0.529 bits per heavy atom. The first-order chi connectivity index (χ1) is 16.7. The first-order valence-electron chi connectivity index (χ1n) is 11.5. The number of benzene rings is 3. The maximum atomic E-state index is 4.76. The van der Waals surface area contributed by atoms with Crippen LogP contribution in [-0.4, -0.2) is 15.0 Å². The Balaban J connectivity index is 1.51. The lowest BCUT2D eigenvalue weighted by molar-refractivity contribution is 1.21. The van der Waals surface area contributed by atoms with E-state index < -0.39 is 0 Å². The molecular formula is C31H23N3. The summed E-state index contributed by atoms with van der Waals surface area (Å²) in [5.74, 6) is 0. The molecule has 0 unspecified atom stereocenters. The highest BCUT2D eigenvalue weighted by atomic mass is 14.7. The molecule has 0 fully saturated rings. The second-order valence-corrected chi connectivity index (χ2v) is 8.66. The topological polar surface area (TPSA) is 38.7 Å². The Labute approximate surface area is 198 Å². The number of hydrogen-bond donors (Lipinski definition) is 0. The van der Waals surface area contributed by atoms with Gasteiger partial charge in [0.15, 0.2) is 0 Å². The molecule has 3 nitrogen and oxygen atoms in total. The maximum absolute atomic E-state index is 4.76. The van der Waals surface area contributed by atoms with Crippen LogP contribution < -0.4 is 0 Å². The summed E-state index contributed by atoms with van der Waals surface area (Å²) in [7, 11) is 0. The minimum atomic E-state index is 0.970. The lowest BCUT2D eigenvalue weighted by atomic mass is 9.94. The number of rotatable bonds is 3. The van der Waals surface area contributed by atoms with Gasteiger partial charge in [-0.15, -0.1) is 0 Å². The van der Waals surface area contributed by atoms with Crippen molar-refractivity contribution in [2.45, 2.75) is 13.8 Å². The largest absolute Gasteiger partial charge is 0.256 e. The van der Waals surface area contributed by atoms with Gasteiger partial charge in [-0.05, 0) is 84.3 Å². The standard InChI is InChI=1S/C31H23N3/c1-20-6-3-10-29(33-20)24-12-14-26-22(18-24)8-5-9-25(26)23-13-15-30-28(19-23)27(16-17-32-30)31-11-4-7-21(2)34-31/h3-19H,1-2H3.